The maximum Gasteiger partial charge on any atom is 0.498 e. The molecule has 2 aliphatic heterocycles. The molecule has 2 saturated heterocycles. The Morgan fingerprint density at radius 1 is 1.16 bits per heavy atom. The SMILES string of the molecule is C[C@H](NC(=O)OC(C)(C)C)C(=O)N1CCC(CCCSc2ncc(B3OC(C)(C)C(C)(C)O3)cn2)CC1. The standard InChI is InChI=1S/C26H43BN4O5S/c1-18(30-23(33)34-24(2,3)4)21(32)31-13-11-19(12-14-31)10-9-15-37-22-28-16-20(17-29-22)27-35-25(5,6)26(7,8)36-27/h16-19H,9-15H2,1-8H3,(H,30,33)/t18-/m0/s1. The summed E-state index contributed by atoms with van der Waals surface area (Å²) in [7, 11) is -0.446. The highest BCUT2D eigenvalue weighted by molar-refractivity contribution is 7.99. The van der Waals surface area contributed by atoms with Crippen LogP contribution in [0.5, 0.6) is 0 Å². The normalized spacial score (nSPS) is 20.5. The Labute approximate surface area is 226 Å². The molecule has 1 aromatic rings. The third kappa shape index (κ3) is 8.32. The predicted molar refractivity (Wildman–Crippen MR) is 146 cm³/mol. The van der Waals surface area contributed by atoms with Crippen LogP contribution in [0.15, 0.2) is 17.6 Å². The lowest BCUT2D eigenvalue weighted by atomic mass is 9.81. The first kappa shape index (κ1) is 29.7. The van der Waals surface area contributed by atoms with Gasteiger partial charge in [-0.1, -0.05) is 11.8 Å². The molecule has 0 bridgehead atoms. The molecule has 0 spiro atoms. The van der Waals surface area contributed by atoms with Crippen molar-refractivity contribution in [3.63, 3.8) is 0 Å². The van der Waals surface area contributed by atoms with E-state index in [9.17, 15) is 9.59 Å². The first-order chi connectivity index (χ1) is 17.2. The zero-order valence-corrected chi connectivity index (χ0v) is 24.4. The van der Waals surface area contributed by atoms with Crippen LogP contribution < -0.4 is 10.8 Å². The number of likely N-dealkylation sites (tertiary alicyclic amines) is 1. The number of rotatable bonds is 8. The molecule has 2 amide bonds. The van der Waals surface area contributed by atoms with E-state index in [-0.39, 0.29) is 17.1 Å². The van der Waals surface area contributed by atoms with E-state index in [0.29, 0.717) is 5.92 Å². The molecule has 0 aromatic carbocycles. The first-order valence-corrected chi connectivity index (χ1v) is 14.2. The van der Waals surface area contributed by atoms with Crippen molar-refractivity contribution in [2.75, 3.05) is 18.8 Å². The largest absolute Gasteiger partial charge is 0.498 e. The molecule has 0 aliphatic carbocycles. The van der Waals surface area contributed by atoms with Gasteiger partial charge in [0.2, 0.25) is 5.91 Å². The summed E-state index contributed by atoms with van der Waals surface area (Å²) < 4.78 is 17.4. The van der Waals surface area contributed by atoms with Gasteiger partial charge >= 0.3 is 13.2 Å². The zero-order valence-electron chi connectivity index (χ0n) is 23.6. The van der Waals surface area contributed by atoms with E-state index in [0.717, 1.165) is 55.1 Å². The molecule has 11 heteroatoms. The average Bonchev–Trinajstić information content (AvgIpc) is 3.02. The van der Waals surface area contributed by atoms with Gasteiger partial charge in [-0.05, 0) is 87.0 Å². The maximum atomic E-state index is 12.7. The number of nitrogens with zero attached hydrogens (tertiary/aromatic N) is 3. The lowest BCUT2D eigenvalue weighted by Crippen LogP contribution is -2.50. The molecular formula is C26H43BN4O5S. The molecular weight excluding hydrogens is 491 g/mol. The molecule has 3 rings (SSSR count). The molecule has 37 heavy (non-hydrogen) atoms. The third-order valence-electron chi connectivity index (χ3n) is 7.19. The maximum absolute atomic E-state index is 12.7. The number of carbonyl (C=O) groups excluding carboxylic acids is 2. The summed E-state index contributed by atoms with van der Waals surface area (Å²) >= 11 is 1.66. The number of amides is 2. The van der Waals surface area contributed by atoms with Gasteiger partial charge in [0.05, 0.1) is 11.2 Å². The molecule has 1 N–H and O–H groups in total. The van der Waals surface area contributed by atoms with Gasteiger partial charge in [-0.15, -0.1) is 0 Å². The van der Waals surface area contributed by atoms with E-state index in [1.165, 1.54) is 0 Å². The monoisotopic (exact) mass is 534 g/mol. The van der Waals surface area contributed by atoms with Crippen LogP contribution in [-0.2, 0) is 18.8 Å². The number of piperidine rings is 1. The minimum absolute atomic E-state index is 0.0546. The molecule has 1 atom stereocenters. The Kier molecular flexibility index (Phi) is 9.56. The van der Waals surface area contributed by atoms with Gasteiger partial charge in [-0.2, -0.15) is 0 Å². The summed E-state index contributed by atoms with van der Waals surface area (Å²) in [6.45, 7) is 16.7. The molecule has 3 heterocycles. The fourth-order valence-corrected chi connectivity index (χ4v) is 5.05. The fourth-order valence-electron chi connectivity index (χ4n) is 4.30. The Morgan fingerprint density at radius 3 is 2.27 bits per heavy atom. The number of hydrogen-bond acceptors (Lipinski definition) is 8. The van der Waals surface area contributed by atoms with Crippen molar-refractivity contribution in [2.24, 2.45) is 5.92 Å². The molecule has 9 nitrogen and oxygen atoms in total. The Morgan fingerprint density at radius 2 is 1.73 bits per heavy atom. The van der Waals surface area contributed by atoms with Crippen molar-refractivity contribution in [2.45, 2.75) is 109 Å². The van der Waals surface area contributed by atoms with Crippen molar-refractivity contribution in [3.8, 4) is 0 Å². The van der Waals surface area contributed by atoms with Crippen LogP contribution in [0.3, 0.4) is 0 Å². The highest BCUT2D eigenvalue weighted by Gasteiger charge is 2.52. The van der Waals surface area contributed by atoms with Crippen molar-refractivity contribution in [1.29, 1.82) is 0 Å². The lowest BCUT2D eigenvalue weighted by Gasteiger charge is -2.34. The van der Waals surface area contributed by atoms with E-state index < -0.39 is 24.9 Å². The second kappa shape index (κ2) is 11.9. The lowest BCUT2D eigenvalue weighted by molar-refractivity contribution is -0.134. The highest BCUT2D eigenvalue weighted by atomic mass is 32.2. The summed E-state index contributed by atoms with van der Waals surface area (Å²) in [4.78, 5) is 35.5. The number of thioether (sulfide) groups is 1. The fraction of sp³-hybridized carbons (Fsp3) is 0.769. The Hall–Kier alpha value is -1.85. The van der Waals surface area contributed by atoms with Gasteiger partial charge in [-0.3, -0.25) is 4.79 Å². The Balaban J connectivity index is 1.33. The van der Waals surface area contributed by atoms with Gasteiger partial charge < -0.3 is 24.3 Å². The molecule has 206 valence electrons. The van der Waals surface area contributed by atoms with Crippen LogP contribution >= 0.6 is 11.8 Å². The summed E-state index contributed by atoms with van der Waals surface area (Å²) in [6.07, 6.45) is 7.18. The van der Waals surface area contributed by atoms with Crippen LogP contribution in [0.1, 0.15) is 81.1 Å². The van der Waals surface area contributed by atoms with Gasteiger partial charge in [0.15, 0.2) is 5.16 Å². The number of aromatic nitrogens is 2. The number of ether oxygens (including phenoxy) is 1. The molecule has 0 unspecified atom stereocenters. The first-order valence-electron chi connectivity index (χ1n) is 13.3. The van der Waals surface area contributed by atoms with Crippen molar-refractivity contribution in [3.05, 3.63) is 12.4 Å². The molecule has 0 radical (unpaired) electrons. The number of hydrogen-bond donors (Lipinski definition) is 1. The van der Waals surface area contributed by atoms with Crippen molar-refractivity contribution < 1.29 is 23.6 Å². The van der Waals surface area contributed by atoms with Crippen LogP contribution in [0.4, 0.5) is 4.79 Å². The van der Waals surface area contributed by atoms with Crippen molar-refractivity contribution >= 4 is 36.3 Å². The molecule has 0 saturated carbocycles. The van der Waals surface area contributed by atoms with Gasteiger partial charge in [0.25, 0.3) is 0 Å². The van der Waals surface area contributed by atoms with Crippen LogP contribution in [0, 0.1) is 5.92 Å². The smallest absolute Gasteiger partial charge is 0.444 e. The topological polar surface area (TPSA) is 103 Å². The number of alkyl carbamates (subject to hydrolysis) is 1. The Bertz CT molecular complexity index is 914. The summed E-state index contributed by atoms with van der Waals surface area (Å²) in [5.74, 6) is 1.50. The summed E-state index contributed by atoms with van der Waals surface area (Å²) in [5, 5.41) is 3.40. The van der Waals surface area contributed by atoms with Gasteiger partial charge in [0.1, 0.15) is 11.6 Å². The quantitative estimate of drug-likeness (QED) is 0.233. The van der Waals surface area contributed by atoms with Gasteiger partial charge in [-0.25, -0.2) is 14.8 Å². The van der Waals surface area contributed by atoms with E-state index in [1.54, 1.807) is 51.9 Å². The number of nitrogens with one attached hydrogen (secondary N) is 1. The van der Waals surface area contributed by atoms with Crippen LogP contribution in [0.2, 0.25) is 0 Å². The minimum atomic E-state index is -0.598. The molecule has 2 aliphatic rings. The van der Waals surface area contributed by atoms with E-state index in [2.05, 4.69) is 15.3 Å². The van der Waals surface area contributed by atoms with Crippen molar-refractivity contribution in [1.82, 2.24) is 20.2 Å². The highest BCUT2D eigenvalue weighted by Crippen LogP contribution is 2.36. The second-order valence-electron chi connectivity index (χ2n) is 12.0. The zero-order chi connectivity index (χ0) is 27.4. The van der Waals surface area contributed by atoms with Gasteiger partial charge in [0, 0.05) is 36.7 Å². The van der Waals surface area contributed by atoms with E-state index >= 15 is 0 Å². The second-order valence-corrected chi connectivity index (χ2v) is 13.1. The van der Waals surface area contributed by atoms with E-state index in [1.807, 2.05) is 32.6 Å². The van der Waals surface area contributed by atoms with Crippen LogP contribution in [0.25, 0.3) is 0 Å². The predicted octanol–water partition coefficient (Wildman–Crippen LogP) is 3.80. The number of carbonyl (C=O) groups is 2. The summed E-state index contributed by atoms with van der Waals surface area (Å²) in [5.41, 5.74) is -0.527. The molecule has 1 aromatic heterocycles. The van der Waals surface area contributed by atoms with Crippen LogP contribution in [-0.4, -0.2) is 75.7 Å². The third-order valence-corrected chi connectivity index (χ3v) is 8.15. The average molecular weight is 535 g/mol. The minimum Gasteiger partial charge on any atom is -0.444 e. The summed E-state index contributed by atoms with van der Waals surface area (Å²) in [6, 6.07) is -0.598. The van der Waals surface area contributed by atoms with E-state index in [4.69, 9.17) is 14.0 Å². The molecule has 2 fully saturated rings.